The highest BCUT2D eigenvalue weighted by Gasteiger charge is 2.16. The number of carbonyl (C=O) groups is 1. The van der Waals surface area contributed by atoms with Gasteiger partial charge in [0.05, 0.1) is 10.0 Å². The zero-order chi connectivity index (χ0) is 15.7. The molecule has 2 heterocycles. The second kappa shape index (κ2) is 6.16. The van der Waals surface area contributed by atoms with E-state index in [9.17, 15) is 4.79 Å². The molecule has 22 heavy (non-hydrogen) atoms. The van der Waals surface area contributed by atoms with E-state index in [1.807, 2.05) is 0 Å². The van der Waals surface area contributed by atoms with Crippen molar-refractivity contribution in [2.45, 2.75) is 6.92 Å². The maximum absolute atomic E-state index is 12.1. The second-order valence-corrected chi connectivity index (χ2v) is 6.73. The average molecular weight is 357 g/mol. The Labute approximate surface area is 140 Å². The van der Waals surface area contributed by atoms with Gasteiger partial charge in [-0.3, -0.25) is 4.79 Å². The summed E-state index contributed by atoms with van der Waals surface area (Å²) in [5.41, 5.74) is 4.18. The van der Waals surface area contributed by atoms with Gasteiger partial charge in [0.15, 0.2) is 11.5 Å². The number of benzene rings is 1. The summed E-state index contributed by atoms with van der Waals surface area (Å²) in [4.78, 5) is 12.1. The first-order valence-electron chi connectivity index (χ1n) is 6.24. The van der Waals surface area contributed by atoms with Crippen LogP contribution in [0.3, 0.4) is 0 Å². The molecule has 0 saturated carbocycles. The van der Waals surface area contributed by atoms with Gasteiger partial charge in [0.25, 0.3) is 5.91 Å². The van der Waals surface area contributed by atoms with Crippen molar-refractivity contribution in [3.05, 3.63) is 44.1 Å². The third-order valence-corrected chi connectivity index (χ3v) is 4.49. The minimum atomic E-state index is -0.352. The number of carbonyl (C=O) groups excluding carboxylic acids is 1. The maximum atomic E-state index is 12.1. The lowest BCUT2D eigenvalue weighted by molar-refractivity contribution is 0.0954. The molecule has 0 saturated heterocycles. The lowest BCUT2D eigenvalue weighted by Gasteiger charge is -2.03. The molecule has 3 rings (SSSR count). The van der Waals surface area contributed by atoms with Crippen molar-refractivity contribution in [3.8, 4) is 11.5 Å². The van der Waals surface area contributed by atoms with Crippen LogP contribution in [0, 0.1) is 0 Å². The molecule has 1 aliphatic heterocycles. The van der Waals surface area contributed by atoms with Crippen molar-refractivity contribution < 1.29 is 14.3 Å². The van der Waals surface area contributed by atoms with Gasteiger partial charge in [-0.05, 0) is 31.2 Å². The van der Waals surface area contributed by atoms with Gasteiger partial charge in [-0.15, -0.1) is 11.3 Å². The summed E-state index contributed by atoms with van der Waals surface area (Å²) < 4.78 is 11.5. The van der Waals surface area contributed by atoms with Crippen LogP contribution in [-0.2, 0) is 0 Å². The first kappa shape index (κ1) is 15.1. The Balaban J connectivity index is 1.74. The lowest BCUT2D eigenvalue weighted by atomic mass is 10.2. The van der Waals surface area contributed by atoms with Crippen molar-refractivity contribution in [2.24, 2.45) is 5.10 Å². The van der Waals surface area contributed by atoms with Gasteiger partial charge in [-0.1, -0.05) is 23.2 Å². The van der Waals surface area contributed by atoms with Crippen molar-refractivity contribution in [1.29, 1.82) is 0 Å². The van der Waals surface area contributed by atoms with Crippen LogP contribution >= 0.6 is 34.5 Å². The number of hydrogen-bond acceptors (Lipinski definition) is 5. The summed E-state index contributed by atoms with van der Waals surface area (Å²) in [5, 5.41) is 4.05. The molecule has 1 aliphatic rings. The van der Waals surface area contributed by atoms with Crippen LogP contribution in [0.15, 0.2) is 29.4 Å². The summed E-state index contributed by atoms with van der Waals surface area (Å²) in [6.07, 6.45) is 0. The number of rotatable bonds is 3. The van der Waals surface area contributed by atoms with Crippen LogP contribution < -0.4 is 14.9 Å². The van der Waals surface area contributed by atoms with Crippen molar-refractivity contribution in [2.75, 3.05) is 6.79 Å². The molecule has 1 N–H and O–H groups in total. The molecule has 0 radical (unpaired) electrons. The number of amides is 1. The number of ether oxygens (including phenoxy) is 2. The smallest absolute Gasteiger partial charge is 0.271 e. The predicted octanol–water partition coefficient (Wildman–Crippen LogP) is 3.94. The fourth-order valence-corrected chi connectivity index (χ4v) is 3.45. The number of hydrogen-bond donors (Lipinski definition) is 1. The zero-order valence-corrected chi connectivity index (χ0v) is 13.7. The summed E-state index contributed by atoms with van der Waals surface area (Å²) in [7, 11) is 0. The van der Waals surface area contributed by atoms with Gasteiger partial charge < -0.3 is 9.47 Å². The normalized spacial score (nSPS) is 13.3. The quantitative estimate of drug-likeness (QED) is 0.669. The molecule has 0 atom stereocenters. The van der Waals surface area contributed by atoms with E-state index in [0.717, 1.165) is 0 Å². The largest absolute Gasteiger partial charge is 0.454 e. The number of halogens is 2. The van der Waals surface area contributed by atoms with E-state index >= 15 is 0 Å². The molecule has 0 spiro atoms. The Hall–Kier alpha value is -1.76. The Bertz CT molecular complexity index is 773. The van der Waals surface area contributed by atoms with Crippen molar-refractivity contribution in [3.63, 3.8) is 0 Å². The molecule has 2 aromatic rings. The molecule has 0 bridgehead atoms. The number of fused-ring (bicyclic) bond motifs is 1. The molecular weight excluding hydrogens is 347 g/mol. The van der Waals surface area contributed by atoms with Gasteiger partial charge in [-0.2, -0.15) is 5.10 Å². The first-order chi connectivity index (χ1) is 10.5. The first-order valence-corrected chi connectivity index (χ1v) is 7.81. The molecule has 5 nitrogen and oxygen atoms in total. The van der Waals surface area contributed by atoms with Gasteiger partial charge in [0.1, 0.15) is 4.34 Å². The molecule has 8 heteroatoms. The monoisotopic (exact) mass is 356 g/mol. The lowest BCUT2D eigenvalue weighted by Crippen LogP contribution is -2.19. The van der Waals surface area contributed by atoms with E-state index in [0.29, 0.717) is 37.0 Å². The van der Waals surface area contributed by atoms with Crippen LogP contribution in [0.5, 0.6) is 11.5 Å². The number of hydrazone groups is 1. The van der Waals surface area contributed by atoms with Gasteiger partial charge in [0, 0.05) is 11.1 Å². The van der Waals surface area contributed by atoms with E-state index in [1.54, 1.807) is 31.2 Å². The second-order valence-electron chi connectivity index (χ2n) is 4.44. The van der Waals surface area contributed by atoms with Gasteiger partial charge >= 0.3 is 0 Å². The molecule has 0 unspecified atom stereocenters. The highest BCUT2D eigenvalue weighted by Crippen LogP contribution is 2.33. The Morgan fingerprint density at radius 3 is 2.77 bits per heavy atom. The minimum absolute atomic E-state index is 0.162. The molecular formula is C14H10Cl2N2O3S. The maximum Gasteiger partial charge on any atom is 0.271 e. The Morgan fingerprint density at radius 1 is 1.27 bits per heavy atom. The minimum Gasteiger partial charge on any atom is -0.454 e. The molecule has 0 aliphatic carbocycles. The van der Waals surface area contributed by atoms with Crippen LogP contribution in [0.25, 0.3) is 0 Å². The van der Waals surface area contributed by atoms with E-state index in [4.69, 9.17) is 32.7 Å². The third kappa shape index (κ3) is 3.04. The summed E-state index contributed by atoms with van der Waals surface area (Å²) in [6, 6.07) is 6.64. The fraction of sp³-hybridized carbons (Fsp3) is 0.143. The number of nitrogens with zero attached hydrogens (tertiary/aromatic N) is 1. The molecule has 1 aromatic heterocycles. The Morgan fingerprint density at radius 2 is 2.05 bits per heavy atom. The number of nitrogens with one attached hydrogen (secondary N) is 1. The zero-order valence-electron chi connectivity index (χ0n) is 11.4. The SMILES string of the molecule is C/C(=N\NC(=O)c1ccc2c(c1)OCO2)c1cc(Cl)sc1Cl. The van der Waals surface area contributed by atoms with Crippen molar-refractivity contribution >= 4 is 46.2 Å². The van der Waals surface area contributed by atoms with E-state index in [-0.39, 0.29) is 12.7 Å². The summed E-state index contributed by atoms with van der Waals surface area (Å²) >= 11 is 13.2. The van der Waals surface area contributed by atoms with Crippen LogP contribution in [0.4, 0.5) is 0 Å². The molecule has 1 amide bonds. The van der Waals surface area contributed by atoms with E-state index in [1.165, 1.54) is 11.3 Å². The summed E-state index contributed by atoms with van der Waals surface area (Å²) in [5.74, 6) is 0.812. The Kier molecular flexibility index (Phi) is 4.24. The van der Waals surface area contributed by atoms with Crippen LogP contribution in [0.2, 0.25) is 8.67 Å². The highest BCUT2D eigenvalue weighted by molar-refractivity contribution is 7.20. The molecule has 0 fully saturated rings. The van der Waals surface area contributed by atoms with Crippen LogP contribution in [-0.4, -0.2) is 18.4 Å². The topological polar surface area (TPSA) is 59.9 Å². The predicted molar refractivity (Wildman–Crippen MR) is 86.6 cm³/mol. The van der Waals surface area contributed by atoms with E-state index < -0.39 is 0 Å². The van der Waals surface area contributed by atoms with E-state index in [2.05, 4.69) is 10.5 Å². The highest BCUT2D eigenvalue weighted by atomic mass is 35.5. The summed E-state index contributed by atoms with van der Waals surface area (Å²) in [6.45, 7) is 1.90. The molecule has 1 aromatic carbocycles. The number of thiophene rings is 1. The third-order valence-electron chi connectivity index (χ3n) is 3.01. The standard InChI is InChI=1S/C14H10Cl2N2O3S/c1-7(9-5-12(15)22-13(9)16)17-18-14(19)8-2-3-10-11(4-8)21-6-20-10/h2-5H,6H2,1H3,(H,18,19)/b17-7+. The molecule has 114 valence electrons. The van der Waals surface area contributed by atoms with Crippen LogP contribution in [0.1, 0.15) is 22.8 Å². The van der Waals surface area contributed by atoms with Gasteiger partial charge in [-0.25, -0.2) is 5.43 Å². The fourth-order valence-electron chi connectivity index (χ4n) is 1.88. The average Bonchev–Trinajstić information content (AvgIpc) is 3.09. The van der Waals surface area contributed by atoms with Gasteiger partial charge in [0.2, 0.25) is 6.79 Å². The van der Waals surface area contributed by atoms with Crippen molar-refractivity contribution in [1.82, 2.24) is 5.43 Å².